The highest BCUT2D eigenvalue weighted by molar-refractivity contribution is 7.18. The second kappa shape index (κ2) is 7.82. The largest absolute Gasteiger partial charge is 0.454 e. The molecule has 1 fully saturated rings. The Kier molecular flexibility index (Phi) is 5.04. The Bertz CT molecular complexity index is 1040. The predicted octanol–water partition coefficient (Wildman–Crippen LogP) is 5.74. The Labute approximate surface area is 175 Å². The molecule has 1 aliphatic carbocycles. The molecule has 5 rings (SSSR count). The van der Waals surface area contributed by atoms with E-state index in [1.54, 1.807) is 11.3 Å². The Morgan fingerprint density at radius 3 is 2.76 bits per heavy atom. The number of ether oxygens (including phenoxy) is 2. The maximum atomic E-state index is 5.50. The van der Waals surface area contributed by atoms with E-state index in [9.17, 15) is 0 Å². The summed E-state index contributed by atoms with van der Waals surface area (Å²) in [6.45, 7) is 5.50. The van der Waals surface area contributed by atoms with Gasteiger partial charge in [0, 0.05) is 17.3 Å². The van der Waals surface area contributed by atoms with Crippen LogP contribution in [0.25, 0.3) is 10.2 Å². The van der Waals surface area contributed by atoms with Crippen LogP contribution in [0, 0.1) is 13.8 Å². The van der Waals surface area contributed by atoms with E-state index in [-0.39, 0.29) is 0 Å². The van der Waals surface area contributed by atoms with Gasteiger partial charge >= 0.3 is 0 Å². The van der Waals surface area contributed by atoms with Gasteiger partial charge in [0.2, 0.25) is 6.79 Å². The summed E-state index contributed by atoms with van der Waals surface area (Å²) in [5.41, 5.74) is 2.53. The third-order valence-electron chi connectivity index (χ3n) is 6.16. The molecule has 0 atom stereocenters. The van der Waals surface area contributed by atoms with Crippen LogP contribution in [0.1, 0.15) is 59.9 Å². The molecular weight excluding hydrogens is 382 g/mol. The van der Waals surface area contributed by atoms with Gasteiger partial charge in [-0.05, 0) is 56.4 Å². The highest BCUT2D eigenvalue weighted by Gasteiger charge is 2.22. The fraction of sp³-hybridized carbons (Fsp3) is 0.478. The third-order valence-corrected chi connectivity index (χ3v) is 7.26. The van der Waals surface area contributed by atoms with E-state index in [1.165, 1.54) is 53.5 Å². The minimum Gasteiger partial charge on any atom is -0.454 e. The average Bonchev–Trinajstić information content (AvgIpc) is 3.32. The van der Waals surface area contributed by atoms with Gasteiger partial charge in [-0.2, -0.15) is 0 Å². The van der Waals surface area contributed by atoms with E-state index in [0.29, 0.717) is 12.7 Å². The van der Waals surface area contributed by atoms with Crippen LogP contribution in [0.15, 0.2) is 18.2 Å². The molecule has 2 aliphatic rings. The van der Waals surface area contributed by atoms with Crippen molar-refractivity contribution >= 4 is 27.4 Å². The molecule has 29 heavy (non-hydrogen) atoms. The monoisotopic (exact) mass is 409 g/mol. The molecule has 0 amide bonds. The van der Waals surface area contributed by atoms with E-state index < -0.39 is 0 Å². The quantitative estimate of drug-likeness (QED) is 0.582. The highest BCUT2D eigenvalue weighted by atomic mass is 32.1. The van der Waals surface area contributed by atoms with Crippen molar-refractivity contribution in [1.29, 1.82) is 0 Å². The first kappa shape index (κ1) is 18.7. The van der Waals surface area contributed by atoms with Gasteiger partial charge < -0.3 is 14.8 Å². The van der Waals surface area contributed by atoms with Gasteiger partial charge in [-0.15, -0.1) is 11.3 Å². The number of anilines is 1. The van der Waals surface area contributed by atoms with E-state index >= 15 is 0 Å². The van der Waals surface area contributed by atoms with Crippen LogP contribution in [0.2, 0.25) is 0 Å². The fourth-order valence-corrected chi connectivity index (χ4v) is 5.40. The first-order valence-corrected chi connectivity index (χ1v) is 11.4. The van der Waals surface area contributed by atoms with E-state index in [1.807, 2.05) is 6.07 Å². The van der Waals surface area contributed by atoms with E-state index in [2.05, 4.69) is 31.3 Å². The Balaban J connectivity index is 1.39. The Morgan fingerprint density at radius 1 is 1.07 bits per heavy atom. The van der Waals surface area contributed by atoms with Crippen LogP contribution in [0.4, 0.5) is 5.82 Å². The predicted molar refractivity (Wildman–Crippen MR) is 117 cm³/mol. The van der Waals surface area contributed by atoms with Crippen LogP contribution in [0.5, 0.6) is 11.5 Å². The number of rotatable bonds is 5. The normalized spacial score (nSPS) is 16.5. The van der Waals surface area contributed by atoms with Gasteiger partial charge in [-0.25, -0.2) is 9.97 Å². The van der Waals surface area contributed by atoms with Crippen molar-refractivity contribution in [3.8, 4) is 11.5 Å². The van der Waals surface area contributed by atoms with Crippen molar-refractivity contribution in [1.82, 2.24) is 9.97 Å². The molecule has 1 N–H and O–H groups in total. The molecule has 0 radical (unpaired) electrons. The average molecular weight is 410 g/mol. The molecule has 1 aliphatic heterocycles. The summed E-state index contributed by atoms with van der Waals surface area (Å²) in [5.74, 6) is 4.21. The third kappa shape index (κ3) is 3.66. The zero-order valence-electron chi connectivity index (χ0n) is 17.1. The number of hydrogen-bond acceptors (Lipinski definition) is 6. The van der Waals surface area contributed by atoms with Crippen molar-refractivity contribution < 1.29 is 9.47 Å². The molecule has 2 aromatic heterocycles. The number of aryl methyl sites for hydroxylation is 2. The molecule has 1 aromatic carbocycles. The van der Waals surface area contributed by atoms with Crippen LogP contribution in [0.3, 0.4) is 0 Å². The number of nitrogens with zero attached hydrogens (tertiary/aromatic N) is 2. The molecule has 0 saturated heterocycles. The lowest BCUT2D eigenvalue weighted by molar-refractivity contribution is 0.174. The van der Waals surface area contributed by atoms with Gasteiger partial charge in [-0.3, -0.25) is 0 Å². The number of hydrogen-bond donors (Lipinski definition) is 1. The summed E-state index contributed by atoms with van der Waals surface area (Å²) in [5, 5.41) is 4.81. The van der Waals surface area contributed by atoms with Gasteiger partial charge in [0.1, 0.15) is 16.5 Å². The summed E-state index contributed by atoms with van der Waals surface area (Å²) >= 11 is 1.79. The molecule has 0 spiro atoms. The van der Waals surface area contributed by atoms with E-state index in [4.69, 9.17) is 19.4 Å². The molecule has 3 heterocycles. The standard InChI is InChI=1S/C23H27N3O2S/c1-14-15(2)29-23-20(14)22(25-21(26-23)17-6-4-3-5-7-17)24-11-10-16-8-9-18-19(12-16)28-13-27-18/h8-9,12,17H,3-7,10-11,13H2,1-2H3,(H,24,25,26). The molecule has 3 aromatic rings. The van der Waals surface area contributed by atoms with Crippen LogP contribution in [-0.2, 0) is 6.42 Å². The minimum atomic E-state index is 0.316. The fourth-order valence-electron chi connectivity index (χ4n) is 4.36. The topological polar surface area (TPSA) is 56.3 Å². The Hall–Kier alpha value is -2.34. The lowest BCUT2D eigenvalue weighted by Crippen LogP contribution is -2.12. The zero-order chi connectivity index (χ0) is 19.8. The molecule has 0 unspecified atom stereocenters. The van der Waals surface area contributed by atoms with Crippen molar-refractivity contribution in [3.63, 3.8) is 0 Å². The molecule has 152 valence electrons. The van der Waals surface area contributed by atoms with Gasteiger partial charge in [-0.1, -0.05) is 25.3 Å². The van der Waals surface area contributed by atoms with Crippen molar-refractivity contribution in [2.45, 2.75) is 58.3 Å². The Morgan fingerprint density at radius 2 is 1.90 bits per heavy atom. The lowest BCUT2D eigenvalue weighted by atomic mass is 9.88. The summed E-state index contributed by atoms with van der Waals surface area (Å²) in [6, 6.07) is 6.18. The molecule has 5 nitrogen and oxygen atoms in total. The molecular formula is C23H27N3O2S. The highest BCUT2D eigenvalue weighted by Crippen LogP contribution is 2.37. The van der Waals surface area contributed by atoms with E-state index in [0.717, 1.165) is 40.9 Å². The van der Waals surface area contributed by atoms with Crippen LogP contribution >= 0.6 is 11.3 Å². The van der Waals surface area contributed by atoms with Gasteiger partial charge in [0.25, 0.3) is 0 Å². The number of benzene rings is 1. The lowest BCUT2D eigenvalue weighted by Gasteiger charge is -2.21. The maximum Gasteiger partial charge on any atom is 0.231 e. The SMILES string of the molecule is Cc1sc2nc(C3CCCCC3)nc(NCCc3ccc4c(c3)OCO4)c2c1C. The summed E-state index contributed by atoms with van der Waals surface area (Å²) in [4.78, 5) is 12.5. The summed E-state index contributed by atoms with van der Waals surface area (Å²) in [7, 11) is 0. The molecule has 6 heteroatoms. The summed E-state index contributed by atoms with van der Waals surface area (Å²) in [6.07, 6.45) is 7.26. The minimum absolute atomic E-state index is 0.316. The first-order valence-electron chi connectivity index (χ1n) is 10.6. The van der Waals surface area contributed by atoms with Gasteiger partial charge in [0.05, 0.1) is 5.39 Å². The first-order chi connectivity index (χ1) is 14.2. The number of thiophene rings is 1. The van der Waals surface area contributed by atoms with Gasteiger partial charge in [0.15, 0.2) is 11.5 Å². The van der Waals surface area contributed by atoms with Crippen LogP contribution in [-0.4, -0.2) is 23.3 Å². The van der Waals surface area contributed by atoms with Crippen molar-refractivity contribution in [3.05, 3.63) is 40.0 Å². The second-order valence-electron chi connectivity index (χ2n) is 8.09. The number of fused-ring (bicyclic) bond motifs is 2. The maximum absolute atomic E-state index is 5.50. The zero-order valence-corrected chi connectivity index (χ0v) is 17.9. The number of aromatic nitrogens is 2. The number of nitrogens with one attached hydrogen (secondary N) is 1. The van der Waals surface area contributed by atoms with Crippen molar-refractivity contribution in [2.24, 2.45) is 0 Å². The molecule has 1 saturated carbocycles. The summed E-state index contributed by atoms with van der Waals surface area (Å²) < 4.78 is 10.9. The smallest absolute Gasteiger partial charge is 0.231 e. The molecule has 0 bridgehead atoms. The van der Waals surface area contributed by atoms with Crippen LogP contribution < -0.4 is 14.8 Å². The second-order valence-corrected chi connectivity index (χ2v) is 9.30. The van der Waals surface area contributed by atoms with Crippen molar-refractivity contribution in [2.75, 3.05) is 18.7 Å².